The molecule has 0 radical (unpaired) electrons. The first-order valence-corrected chi connectivity index (χ1v) is 10.4. The van der Waals surface area contributed by atoms with E-state index < -0.39 is 0 Å². The molecule has 30 heavy (non-hydrogen) atoms. The van der Waals surface area contributed by atoms with E-state index in [-0.39, 0.29) is 0 Å². The number of ether oxygens (including phenoxy) is 2. The minimum absolute atomic E-state index is 0.523. The molecule has 0 unspecified atom stereocenters. The standard InChI is InChI=1S/C28H18O2/c1-3-7-23-19(5-1)21-11-9-17-15-25(21)27(23)28-24-8-4-2-6-20(24)22-12-10-18(16-26(22)28)30-14-13-29-17/h1-12,15-16H,13-14H2/b28-27-. The highest BCUT2D eigenvalue weighted by atomic mass is 16.5. The Bertz CT molecular complexity index is 1290. The topological polar surface area (TPSA) is 18.5 Å². The minimum atomic E-state index is 0.523. The molecule has 0 saturated heterocycles. The zero-order valence-corrected chi connectivity index (χ0v) is 16.3. The van der Waals surface area contributed by atoms with Crippen molar-refractivity contribution < 1.29 is 9.47 Å². The van der Waals surface area contributed by atoms with Crippen molar-refractivity contribution in [1.82, 2.24) is 0 Å². The van der Waals surface area contributed by atoms with Crippen molar-refractivity contribution in [2.24, 2.45) is 0 Å². The molecule has 0 N–H and O–H groups in total. The fourth-order valence-corrected chi connectivity index (χ4v) is 5.13. The van der Waals surface area contributed by atoms with Gasteiger partial charge in [0.05, 0.1) is 0 Å². The van der Waals surface area contributed by atoms with Crippen LogP contribution in [0.4, 0.5) is 0 Å². The summed E-state index contributed by atoms with van der Waals surface area (Å²) >= 11 is 0. The van der Waals surface area contributed by atoms with Crippen molar-refractivity contribution in [2.45, 2.75) is 0 Å². The maximum Gasteiger partial charge on any atom is 0.122 e. The molecule has 0 saturated carbocycles. The van der Waals surface area contributed by atoms with Gasteiger partial charge in [-0.05, 0) is 79.9 Å². The van der Waals surface area contributed by atoms with Gasteiger partial charge in [-0.1, -0.05) is 60.7 Å². The molecule has 7 rings (SSSR count). The van der Waals surface area contributed by atoms with Crippen LogP contribution in [0.3, 0.4) is 0 Å². The van der Waals surface area contributed by atoms with Crippen molar-refractivity contribution >= 4 is 11.1 Å². The predicted octanol–water partition coefficient (Wildman–Crippen LogP) is 6.43. The number of rotatable bonds is 0. The summed E-state index contributed by atoms with van der Waals surface area (Å²) in [4.78, 5) is 0. The van der Waals surface area contributed by atoms with E-state index in [1.54, 1.807) is 0 Å². The monoisotopic (exact) mass is 386 g/mol. The Hall–Kier alpha value is -3.78. The molecular formula is C28H18O2. The number of benzene rings is 4. The van der Waals surface area contributed by atoms with E-state index in [1.807, 2.05) is 0 Å². The average Bonchev–Trinajstić information content (AvgIpc) is 3.27. The summed E-state index contributed by atoms with van der Waals surface area (Å²) in [7, 11) is 0. The van der Waals surface area contributed by atoms with Gasteiger partial charge in [-0.25, -0.2) is 0 Å². The first-order valence-electron chi connectivity index (χ1n) is 10.4. The van der Waals surface area contributed by atoms with Crippen LogP contribution in [0.1, 0.15) is 22.3 Å². The van der Waals surface area contributed by atoms with Gasteiger partial charge >= 0.3 is 0 Å². The molecule has 0 amide bonds. The predicted molar refractivity (Wildman–Crippen MR) is 120 cm³/mol. The fourth-order valence-electron chi connectivity index (χ4n) is 5.13. The van der Waals surface area contributed by atoms with Crippen LogP contribution < -0.4 is 9.47 Å². The van der Waals surface area contributed by atoms with Crippen LogP contribution >= 0.6 is 0 Å². The summed E-state index contributed by atoms with van der Waals surface area (Å²) in [6.45, 7) is 1.05. The lowest BCUT2D eigenvalue weighted by Crippen LogP contribution is -2.09. The van der Waals surface area contributed by atoms with Gasteiger partial charge in [0.25, 0.3) is 0 Å². The van der Waals surface area contributed by atoms with Crippen LogP contribution in [-0.4, -0.2) is 13.2 Å². The molecule has 1 heterocycles. The van der Waals surface area contributed by atoms with Crippen molar-refractivity contribution in [3.05, 3.63) is 107 Å². The third-order valence-electron chi connectivity index (χ3n) is 6.36. The van der Waals surface area contributed by atoms with Gasteiger partial charge in [0.1, 0.15) is 24.7 Å². The molecule has 4 bridgehead atoms. The van der Waals surface area contributed by atoms with Crippen molar-refractivity contribution in [3.63, 3.8) is 0 Å². The molecule has 0 atom stereocenters. The van der Waals surface area contributed by atoms with E-state index in [0.717, 1.165) is 11.5 Å². The van der Waals surface area contributed by atoms with Crippen LogP contribution in [0.5, 0.6) is 11.5 Å². The van der Waals surface area contributed by atoms with Crippen LogP contribution in [0.15, 0.2) is 84.9 Å². The Kier molecular flexibility index (Phi) is 3.14. The maximum absolute atomic E-state index is 6.02. The Morgan fingerprint density at radius 2 is 0.800 bits per heavy atom. The maximum atomic E-state index is 6.02. The molecule has 142 valence electrons. The fraction of sp³-hybridized carbons (Fsp3) is 0.0714. The summed E-state index contributed by atoms with van der Waals surface area (Å²) in [5, 5.41) is 0. The molecule has 0 spiro atoms. The Labute approximate surface area is 175 Å². The highest BCUT2D eigenvalue weighted by Crippen LogP contribution is 2.55. The zero-order valence-electron chi connectivity index (χ0n) is 16.3. The van der Waals surface area contributed by atoms with Gasteiger partial charge in [0.2, 0.25) is 0 Å². The molecule has 2 heteroatoms. The van der Waals surface area contributed by atoms with Crippen molar-refractivity contribution in [1.29, 1.82) is 0 Å². The summed E-state index contributed by atoms with van der Waals surface area (Å²) in [6.07, 6.45) is 0. The van der Waals surface area contributed by atoms with E-state index in [2.05, 4.69) is 84.9 Å². The lowest BCUT2D eigenvalue weighted by atomic mass is 9.91. The summed E-state index contributed by atoms with van der Waals surface area (Å²) < 4.78 is 12.0. The van der Waals surface area contributed by atoms with Crippen molar-refractivity contribution in [3.8, 4) is 33.8 Å². The van der Waals surface area contributed by atoms with Crippen molar-refractivity contribution in [2.75, 3.05) is 13.2 Å². The third-order valence-corrected chi connectivity index (χ3v) is 6.36. The highest BCUT2D eigenvalue weighted by molar-refractivity contribution is 6.19. The van der Waals surface area contributed by atoms with Gasteiger partial charge in [-0.15, -0.1) is 0 Å². The van der Waals surface area contributed by atoms with E-state index in [0.29, 0.717) is 13.2 Å². The number of hydrogen-bond acceptors (Lipinski definition) is 2. The molecule has 1 aliphatic heterocycles. The SMILES string of the molecule is c1ccc2c(c1)/C1=C3\c4ccccc4-c4ccc(cc43)OCCOc3ccc-2c1c3. The van der Waals surface area contributed by atoms with Gasteiger partial charge in [0, 0.05) is 0 Å². The molecule has 2 aliphatic carbocycles. The molecule has 4 aromatic carbocycles. The normalized spacial score (nSPS) is 17.2. The lowest BCUT2D eigenvalue weighted by Gasteiger charge is -2.15. The number of fused-ring (bicyclic) bond motifs is 8. The van der Waals surface area contributed by atoms with Gasteiger partial charge in [-0.3, -0.25) is 0 Å². The van der Waals surface area contributed by atoms with Gasteiger partial charge in [0.15, 0.2) is 0 Å². The highest BCUT2D eigenvalue weighted by Gasteiger charge is 2.32. The molecule has 0 fully saturated rings. The summed E-state index contributed by atoms with van der Waals surface area (Å²) in [6, 6.07) is 30.4. The second-order valence-corrected chi connectivity index (χ2v) is 7.95. The second kappa shape index (κ2) is 5.87. The molecular weight excluding hydrogens is 368 g/mol. The number of hydrogen-bond donors (Lipinski definition) is 0. The largest absolute Gasteiger partial charge is 0.490 e. The van der Waals surface area contributed by atoms with Crippen LogP contribution in [0.25, 0.3) is 33.4 Å². The smallest absolute Gasteiger partial charge is 0.122 e. The van der Waals surface area contributed by atoms with Crippen LogP contribution in [0, 0.1) is 0 Å². The minimum Gasteiger partial charge on any atom is -0.490 e. The van der Waals surface area contributed by atoms with Crippen LogP contribution in [-0.2, 0) is 0 Å². The van der Waals surface area contributed by atoms with E-state index in [4.69, 9.17) is 9.47 Å². The Morgan fingerprint density at radius 3 is 1.27 bits per heavy atom. The Morgan fingerprint density at radius 1 is 0.400 bits per heavy atom. The summed E-state index contributed by atoms with van der Waals surface area (Å²) in [5.74, 6) is 1.78. The lowest BCUT2D eigenvalue weighted by molar-refractivity contribution is 0.217. The van der Waals surface area contributed by atoms with E-state index in [9.17, 15) is 0 Å². The molecule has 0 aromatic heterocycles. The second-order valence-electron chi connectivity index (χ2n) is 7.95. The van der Waals surface area contributed by atoms with Gasteiger partial charge < -0.3 is 9.47 Å². The van der Waals surface area contributed by atoms with Crippen LogP contribution in [0.2, 0.25) is 0 Å². The first kappa shape index (κ1) is 16.1. The first-order chi connectivity index (χ1) is 14.9. The quantitative estimate of drug-likeness (QED) is 0.300. The van der Waals surface area contributed by atoms with E-state index in [1.165, 1.54) is 55.7 Å². The zero-order chi connectivity index (χ0) is 19.7. The third kappa shape index (κ3) is 2.08. The Balaban J connectivity index is 1.68. The average molecular weight is 386 g/mol. The molecule has 3 aliphatic rings. The molecule has 2 nitrogen and oxygen atoms in total. The van der Waals surface area contributed by atoms with E-state index >= 15 is 0 Å². The van der Waals surface area contributed by atoms with Gasteiger partial charge in [-0.2, -0.15) is 0 Å². The molecule has 4 aromatic rings. The summed E-state index contributed by atoms with van der Waals surface area (Å²) in [5.41, 5.74) is 12.8.